The van der Waals surface area contributed by atoms with Gasteiger partial charge in [-0.05, 0) is 17.7 Å². The summed E-state index contributed by atoms with van der Waals surface area (Å²) in [5, 5.41) is 9.53. The van der Waals surface area contributed by atoms with Crippen LogP contribution in [0.3, 0.4) is 0 Å². The van der Waals surface area contributed by atoms with Crippen molar-refractivity contribution in [3.8, 4) is 17.2 Å². The SMILES string of the molecule is N#CCC(=O)c1c(Cl)cccc1-c1ccccc1Cl. The van der Waals surface area contributed by atoms with E-state index < -0.39 is 0 Å². The van der Waals surface area contributed by atoms with Crippen molar-refractivity contribution in [3.63, 3.8) is 0 Å². The first-order valence-corrected chi connectivity index (χ1v) is 6.34. The molecule has 2 aromatic carbocycles. The van der Waals surface area contributed by atoms with Gasteiger partial charge >= 0.3 is 0 Å². The van der Waals surface area contributed by atoms with E-state index in [4.69, 9.17) is 28.5 Å². The lowest BCUT2D eigenvalue weighted by atomic mass is 9.96. The van der Waals surface area contributed by atoms with Crippen molar-refractivity contribution in [2.24, 2.45) is 0 Å². The van der Waals surface area contributed by atoms with Gasteiger partial charge in [0.15, 0.2) is 5.78 Å². The lowest BCUT2D eigenvalue weighted by Gasteiger charge is -2.11. The molecule has 2 rings (SSSR count). The van der Waals surface area contributed by atoms with E-state index in [-0.39, 0.29) is 12.2 Å². The predicted octanol–water partition coefficient (Wildman–Crippen LogP) is 4.76. The van der Waals surface area contributed by atoms with E-state index in [2.05, 4.69) is 0 Å². The second-order valence-corrected chi connectivity index (χ2v) is 4.71. The van der Waals surface area contributed by atoms with Crippen molar-refractivity contribution in [2.75, 3.05) is 0 Å². The molecule has 0 saturated heterocycles. The van der Waals surface area contributed by atoms with Gasteiger partial charge in [0, 0.05) is 16.1 Å². The molecule has 0 aromatic heterocycles. The molecule has 0 radical (unpaired) electrons. The van der Waals surface area contributed by atoms with Gasteiger partial charge < -0.3 is 0 Å². The molecule has 0 aliphatic rings. The molecule has 0 amide bonds. The third-order valence-electron chi connectivity index (χ3n) is 2.70. The highest BCUT2D eigenvalue weighted by atomic mass is 35.5. The summed E-state index contributed by atoms with van der Waals surface area (Å²) in [6.45, 7) is 0. The average Bonchev–Trinajstić information content (AvgIpc) is 2.39. The van der Waals surface area contributed by atoms with Crippen LogP contribution in [0.4, 0.5) is 0 Å². The minimum atomic E-state index is -0.303. The van der Waals surface area contributed by atoms with E-state index in [0.29, 0.717) is 21.2 Å². The van der Waals surface area contributed by atoms with Crippen LogP contribution < -0.4 is 0 Å². The van der Waals surface area contributed by atoms with Crippen LogP contribution in [0.1, 0.15) is 16.8 Å². The summed E-state index contributed by atoms with van der Waals surface area (Å²) in [5.41, 5.74) is 1.73. The summed E-state index contributed by atoms with van der Waals surface area (Å²) in [4.78, 5) is 12.0. The van der Waals surface area contributed by atoms with Gasteiger partial charge in [-0.3, -0.25) is 4.79 Å². The van der Waals surface area contributed by atoms with E-state index in [1.807, 2.05) is 24.3 Å². The molecule has 0 spiro atoms. The Morgan fingerprint density at radius 3 is 2.32 bits per heavy atom. The largest absolute Gasteiger partial charge is 0.293 e. The van der Waals surface area contributed by atoms with Gasteiger partial charge in [0.2, 0.25) is 0 Å². The van der Waals surface area contributed by atoms with Crippen molar-refractivity contribution in [3.05, 3.63) is 58.1 Å². The number of rotatable bonds is 3. The number of halogens is 2. The quantitative estimate of drug-likeness (QED) is 0.765. The molecule has 0 aliphatic carbocycles. The van der Waals surface area contributed by atoms with E-state index in [1.54, 1.807) is 24.3 Å². The molecular weight excluding hydrogens is 281 g/mol. The van der Waals surface area contributed by atoms with Gasteiger partial charge in [-0.15, -0.1) is 0 Å². The summed E-state index contributed by atoms with van der Waals surface area (Å²) < 4.78 is 0. The van der Waals surface area contributed by atoms with Crippen LogP contribution in [0.25, 0.3) is 11.1 Å². The highest BCUT2D eigenvalue weighted by Gasteiger charge is 2.17. The highest BCUT2D eigenvalue weighted by molar-refractivity contribution is 6.36. The molecule has 0 heterocycles. The molecule has 0 aliphatic heterocycles. The summed E-state index contributed by atoms with van der Waals surface area (Å²) in [7, 11) is 0. The van der Waals surface area contributed by atoms with Gasteiger partial charge in [-0.25, -0.2) is 0 Å². The van der Waals surface area contributed by atoms with Crippen LogP contribution in [0.15, 0.2) is 42.5 Å². The second-order valence-electron chi connectivity index (χ2n) is 3.90. The molecule has 0 unspecified atom stereocenters. The van der Waals surface area contributed by atoms with Crippen LogP contribution in [0, 0.1) is 11.3 Å². The van der Waals surface area contributed by atoms with Crippen molar-refractivity contribution < 1.29 is 4.79 Å². The molecule has 94 valence electrons. The fraction of sp³-hybridized carbons (Fsp3) is 0.0667. The number of Topliss-reactive ketones (excluding diaryl/α,β-unsaturated/α-hetero) is 1. The maximum absolute atomic E-state index is 12.0. The number of hydrogen-bond acceptors (Lipinski definition) is 2. The van der Waals surface area contributed by atoms with Gasteiger partial charge in [0.25, 0.3) is 0 Å². The zero-order chi connectivity index (χ0) is 13.8. The summed E-state index contributed by atoms with van der Waals surface area (Å²) in [6, 6.07) is 14.2. The molecular formula is C15H9Cl2NO. The Hall–Kier alpha value is -1.82. The second kappa shape index (κ2) is 5.88. The first kappa shape index (κ1) is 13.6. The van der Waals surface area contributed by atoms with Gasteiger partial charge in [0.05, 0.1) is 17.5 Å². The molecule has 19 heavy (non-hydrogen) atoms. The van der Waals surface area contributed by atoms with Crippen LogP contribution in [-0.4, -0.2) is 5.78 Å². The third kappa shape index (κ3) is 2.78. The first-order valence-electron chi connectivity index (χ1n) is 5.58. The van der Waals surface area contributed by atoms with Crippen LogP contribution >= 0.6 is 23.2 Å². The number of carbonyl (C=O) groups excluding carboxylic acids is 1. The van der Waals surface area contributed by atoms with Crippen LogP contribution in [0.2, 0.25) is 10.0 Å². The van der Waals surface area contributed by atoms with Gasteiger partial charge in [-0.1, -0.05) is 53.5 Å². The minimum Gasteiger partial charge on any atom is -0.293 e. The summed E-state index contributed by atoms with van der Waals surface area (Å²) >= 11 is 12.2. The zero-order valence-electron chi connectivity index (χ0n) is 9.86. The molecule has 4 heteroatoms. The maximum atomic E-state index is 12.0. The standard InChI is InChI=1S/C15H9Cl2NO/c16-12-6-2-1-4-10(12)11-5-3-7-13(17)15(11)14(19)8-9-18/h1-7H,8H2. The third-order valence-corrected chi connectivity index (χ3v) is 3.34. The molecule has 2 aromatic rings. The normalized spacial score (nSPS) is 9.95. The Morgan fingerprint density at radius 2 is 1.63 bits per heavy atom. The molecule has 0 N–H and O–H groups in total. The molecule has 2 nitrogen and oxygen atoms in total. The fourth-order valence-corrected chi connectivity index (χ4v) is 2.39. The Kier molecular flexibility index (Phi) is 4.21. The van der Waals surface area contributed by atoms with Crippen molar-refractivity contribution in [2.45, 2.75) is 6.42 Å². The Labute approximate surface area is 121 Å². The maximum Gasteiger partial charge on any atom is 0.179 e. The zero-order valence-corrected chi connectivity index (χ0v) is 11.4. The average molecular weight is 290 g/mol. The van der Waals surface area contributed by atoms with E-state index in [9.17, 15) is 4.79 Å². The van der Waals surface area contributed by atoms with Crippen LogP contribution in [0.5, 0.6) is 0 Å². The molecule has 0 fully saturated rings. The topological polar surface area (TPSA) is 40.9 Å². The predicted molar refractivity (Wildman–Crippen MR) is 76.5 cm³/mol. The Balaban J connectivity index is 2.65. The van der Waals surface area contributed by atoms with Gasteiger partial charge in [-0.2, -0.15) is 5.26 Å². The smallest absolute Gasteiger partial charge is 0.179 e. The molecule has 0 atom stereocenters. The monoisotopic (exact) mass is 289 g/mol. The van der Waals surface area contributed by atoms with Gasteiger partial charge in [0.1, 0.15) is 0 Å². The van der Waals surface area contributed by atoms with Crippen LogP contribution in [-0.2, 0) is 0 Å². The summed E-state index contributed by atoms with van der Waals surface area (Å²) in [5.74, 6) is -0.303. The van der Waals surface area contributed by atoms with E-state index >= 15 is 0 Å². The Morgan fingerprint density at radius 1 is 1.00 bits per heavy atom. The van der Waals surface area contributed by atoms with E-state index in [0.717, 1.165) is 5.56 Å². The van der Waals surface area contributed by atoms with Crippen molar-refractivity contribution in [1.29, 1.82) is 5.26 Å². The minimum absolute atomic E-state index is 0.207. The number of hydrogen-bond donors (Lipinski definition) is 0. The molecule has 0 bridgehead atoms. The highest BCUT2D eigenvalue weighted by Crippen LogP contribution is 2.34. The lowest BCUT2D eigenvalue weighted by Crippen LogP contribution is -2.01. The Bertz CT molecular complexity index is 674. The summed E-state index contributed by atoms with van der Waals surface area (Å²) in [6.07, 6.45) is -0.207. The number of nitriles is 1. The first-order chi connectivity index (χ1) is 9.15. The number of nitrogens with zero attached hydrogens (tertiary/aromatic N) is 1. The number of carbonyl (C=O) groups is 1. The van der Waals surface area contributed by atoms with Crippen molar-refractivity contribution in [1.82, 2.24) is 0 Å². The number of benzene rings is 2. The van der Waals surface area contributed by atoms with E-state index in [1.165, 1.54) is 0 Å². The fourth-order valence-electron chi connectivity index (χ4n) is 1.87. The molecule has 0 saturated carbocycles. The number of ketones is 1. The van der Waals surface area contributed by atoms with Crippen molar-refractivity contribution >= 4 is 29.0 Å². The lowest BCUT2D eigenvalue weighted by molar-refractivity contribution is 0.0998.